The van der Waals surface area contributed by atoms with Gasteiger partial charge < -0.3 is 9.15 Å². The van der Waals surface area contributed by atoms with Gasteiger partial charge in [-0.25, -0.2) is 4.98 Å². The number of aryl methyl sites for hydroxylation is 2. The molecule has 1 heterocycles. The summed E-state index contributed by atoms with van der Waals surface area (Å²) in [4.78, 5) is 16.5. The third kappa shape index (κ3) is 3.71. The van der Waals surface area contributed by atoms with E-state index < -0.39 is 0 Å². The Hall–Kier alpha value is -2.88. The van der Waals surface area contributed by atoms with Crippen LogP contribution in [0.15, 0.2) is 59.0 Å². The number of hydrogen-bond acceptors (Lipinski definition) is 4. The standard InChI is InChI=1S/C20H19NO3/c1-14-8-6-7-11-17(14)12-19(22)23-13-18-15(2)24-20(21-18)16-9-4-3-5-10-16/h3-11H,12-13H2,1-2H3. The Labute approximate surface area is 141 Å². The van der Waals surface area contributed by atoms with Crippen LogP contribution in [-0.2, 0) is 22.6 Å². The molecule has 24 heavy (non-hydrogen) atoms. The first kappa shape index (κ1) is 16.0. The fraction of sp³-hybridized carbons (Fsp3) is 0.200. The van der Waals surface area contributed by atoms with E-state index in [2.05, 4.69) is 4.98 Å². The van der Waals surface area contributed by atoms with Gasteiger partial charge in [-0.05, 0) is 37.1 Å². The summed E-state index contributed by atoms with van der Waals surface area (Å²) in [6, 6.07) is 17.4. The minimum Gasteiger partial charge on any atom is -0.459 e. The molecule has 0 aliphatic rings. The number of benzene rings is 2. The van der Waals surface area contributed by atoms with Crippen LogP contribution < -0.4 is 0 Å². The minimum absolute atomic E-state index is 0.118. The summed E-state index contributed by atoms with van der Waals surface area (Å²) in [5.74, 6) is 0.934. The first-order valence-corrected chi connectivity index (χ1v) is 7.85. The Morgan fingerprint density at radius 3 is 2.50 bits per heavy atom. The summed E-state index contributed by atoms with van der Waals surface area (Å²) in [6.07, 6.45) is 0.259. The molecule has 0 unspecified atom stereocenters. The lowest BCUT2D eigenvalue weighted by molar-refractivity contribution is -0.144. The van der Waals surface area contributed by atoms with Gasteiger partial charge >= 0.3 is 5.97 Å². The maximum Gasteiger partial charge on any atom is 0.310 e. The van der Waals surface area contributed by atoms with Crippen molar-refractivity contribution in [1.82, 2.24) is 4.98 Å². The monoisotopic (exact) mass is 321 g/mol. The SMILES string of the molecule is Cc1ccccc1CC(=O)OCc1nc(-c2ccccc2)oc1C. The molecule has 0 radical (unpaired) electrons. The van der Waals surface area contributed by atoms with Crippen LogP contribution in [0.25, 0.3) is 11.5 Å². The van der Waals surface area contributed by atoms with Gasteiger partial charge in [-0.2, -0.15) is 0 Å². The van der Waals surface area contributed by atoms with Gasteiger partial charge in [-0.3, -0.25) is 4.79 Å². The number of hydrogen-bond donors (Lipinski definition) is 0. The van der Waals surface area contributed by atoms with E-state index in [9.17, 15) is 4.79 Å². The Kier molecular flexibility index (Phi) is 4.75. The smallest absolute Gasteiger partial charge is 0.310 e. The second-order valence-corrected chi connectivity index (χ2v) is 5.65. The molecule has 122 valence electrons. The predicted molar refractivity (Wildman–Crippen MR) is 91.4 cm³/mol. The van der Waals surface area contributed by atoms with Crippen LogP contribution in [0, 0.1) is 13.8 Å². The summed E-state index contributed by atoms with van der Waals surface area (Å²) < 4.78 is 11.0. The number of esters is 1. The van der Waals surface area contributed by atoms with Gasteiger partial charge in [-0.15, -0.1) is 0 Å². The van der Waals surface area contributed by atoms with Gasteiger partial charge in [0.2, 0.25) is 5.89 Å². The van der Waals surface area contributed by atoms with E-state index in [4.69, 9.17) is 9.15 Å². The zero-order valence-corrected chi connectivity index (χ0v) is 13.8. The Morgan fingerprint density at radius 1 is 1.04 bits per heavy atom. The molecule has 0 N–H and O–H groups in total. The van der Waals surface area contributed by atoms with Crippen molar-refractivity contribution in [3.63, 3.8) is 0 Å². The van der Waals surface area contributed by atoms with Crippen molar-refractivity contribution in [2.75, 3.05) is 0 Å². The lowest BCUT2D eigenvalue weighted by Gasteiger charge is -2.05. The van der Waals surface area contributed by atoms with Gasteiger partial charge in [0.25, 0.3) is 0 Å². The molecule has 3 rings (SSSR count). The number of carbonyl (C=O) groups excluding carboxylic acids is 1. The number of ether oxygens (including phenoxy) is 1. The summed E-state index contributed by atoms with van der Waals surface area (Å²) in [5, 5.41) is 0. The van der Waals surface area contributed by atoms with Crippen LogP contribution in [0.4, 0.5) is 0 Å². The first-order chi connectivity index (χ1) is 11.6. The van der Waals surface area contributed by atoms with E-state index in [0.29, 0.717) is 17.3 Å². The van der Waals surface area contributed by atoms with E-state index in [1.54, 1.807) is 0 Å². The molecule has 1 aromatic heterocycles. The molecule has 4 nitrogen and oxygen atoms in total. The highest BCUT2D eigenvalue weighted by molar-refractivity contribution is 5.73. The number of oxazole rings is 1. The first-order valence-electron chi connectivity index (χ1n) is 7.85. The van der Waals surface area contributed by atoms with Crippen LogP contribution in [0.1, 0.15) is 22.6 Å². The van der Waals surface area contributed by atoms with E-state index in [1.807, 2.05) is 68.4 Å². The third-order valence-electron chi connectivity index (χ3n) is 3.88. The molecule has 2 aromatic carbocycles. The highest BCUT2D eigenvalue weighted by Crippen LogP contribution is 2.22. The Bertz CT molecular complexity index is 837. The van der Waals surface area contributed by atoms with Crippen LogP contribution in [0.3, 0.4) is 0 Å². The lowest BCUT2D eigenvalue weighted by Crippen LogP contribution is -2.09. The molecule has 0 spiro atoms. The van der Waals surface area contributed by atoms with Crippen molar-refractivity contribution in [2.24, 2.45) is 0 Å². The van der Waals surface area contributed by atoms with Gasteiger partial charge in [-0.1, -0.05) is 42.5 Å². The second-order valence-electron chi connectivity index (χ2n) is 5.65. The van der Waals surface area contributed by atoms with Crippen molar-refractivity contribution in [3.8, 4) is 11.5 Å². The van der Waals surface area contributed by atoms with E-state index in [-0.39, 0.29) is 19.0 Å². The molecule has 0 aliphatic heterocycles. The average molecular weight is 321 g/mol. The van der Waals surface area contributed by atoms with Crippen molar-refractivity contribution in [3.05, 3.63) is 77.2 Å². The lowest BCUT2D eigenvalue weighted by atomic mass is 10.1. The summed E-state index contributed by atoms with van der Waals surface area (Å²) in [6.45, 7) is 3.92. The number of nitrogens with zero attached hydrogens (tertiary/aromatic N) is 1. The Morgan fingerprint density at radius 2 is 1.75 bits per heavy atom. The third-order valence-corrected chi connectivity index (χ3v) is 3.88. The molecule has 0 aliphatic carbocycles. The van der Waals surface area contributed by atoms with E-state index >= 15 is 0 Å². The maximum atomic E-state index is 12.0. The van der Waals surface area contributed by atoms with E-state index in [0.717, 1.165) is 16.7 Å². The largest absolute Gasteiger partial charge is 0.459 e. The minimum atomic E-state index is -0.270. The van der Waals surface area contributed by atoms with Crippen LogP contribution in [-0.4, -0.2) is 11.0 Å². The number of rotatable bonds is 5. The molecule has 0 bridgehead atoms. The van der Waals surface area contributed by atoms with Gasteiger partial charge in [0.15, 0.2) is 0 Å². The van der Waals surface area contributed by atoms with Gasteiger partial charge in [0.05, 0.1) is 6.42 Å². The highest BCUT2D eigenvalue weighted by atomic mass is 16.5. The molecule has 4 heteroatoms. The van der Waals surface area contributed by atoms with Crippen LogP contribution in [0.2, 0.25) is 0 Å². The summed E-state index contributed by atoms with van der Waals surface area (Å²) in [5.41, 5.74) is 3.60. The molecule has 3 aromatic rings. The van der Waals surface area contributed by atoms with Crippen LogP contribution >= 0.6 is 0 Å². The maximum absolute atomic E-state index is 12.0. The van der Waals surface area contributed by atoms with E-state index in [1.165, 1.54) is 0 Å². The van der Waals surface area contributed by atoms with Crippen molar-refractivity contribution in [1.29, 1.82) is 0 Å². The molecule has 0 saturated heterocycles. The molecule has 0 atom stereocenters. The normalized spacial score (nSPS) is 10.6. The van der Waals surface area contributed by atoms with Crippen molar-refractivity contribution < 1.29 is 13.9 Å². The second kappa shape index (κ2) is 7.13. The summed E-state index contributed by atoms with van der Waals surface area (Å²) >= 11 is 0. The van der Waals surface area contributed by atoms with Crippen LogP contribution in [0.5, 0.6) is 0 Å². The van der Waals surface area contributed by atoms with Gasteiger partial charge in [0.1, 0.15) is 18.1 Å². The van der Waals surface area contributed by atoms with Crippen molar-refractivity contribution in [2.45, 2.75) is 26.9 Å². The molecular formula is C20H19NO3. The topological polar surface area (TPSA) is 52.3 Å². The fourth-order valence-electron chi connectivity index (χ4n) is 2.43. The molecule has 0 saturated carbocycles. The number of aromatic nitrogens is 1. The summed E-state index contributed by atoms with van der Waals surface area (Å²) in [7, 11) is 0. The quantitative estimate of drug-likeness (QED) is 0.659. The number of carbonyl (C=O) groups is 1. The average Bonchev–Trinajstić information content (AvgIpc) is 2.97. The van der Waals surface area contributed by atoms with Crippen molar-refractivity contribution >= 4 is 5.97 Å². The predicted octanol–water partition coefficient (Wildman–Crippen LogP) is 4.24. The molecular weight excluding hydrogens is 302 g/mol. The van der Waals surface area contributed by atoms with Gasteiger partial charge in [0, 0.05) is 5.56 Å². The molecule has 0 amide bonds. The Balaban J connectivity index is 1.64. The zero-order chi connectivity index (χ0) is 16.9. The zero-order valence-electron chi connectivity index (χ0n) is 13.8. The highest BCUT2D eigenvalue weighted by Gasteiger charge is 2.14. The fourth-order valence-corrected chi connectivity index (χ4v) is 2.43. The molecule has 0 fully saturated rings.